The fraction of sp³-hybridized carbons (Fsp3) is 0.217. The van der Waals surface area contributed by atoms with Crippen LogP contribution in [0.2, 0.25) is 0 Å². The third kappa shape index (κ3) is 5.87. The van der Waals surface area contributed by atoms with Crippen molar-refractivity contribution in [3.63, 3.8) is 0 Å². The lowest BCUT2D eigenvalue weighted by molar-refractivity contribution is -0.384. The number of non-ortho nitro benzene ring substituents is 1. The predicted molar refractivity (Wildman–Crippen MR) is 132 cm³/mol. The predicted octanol–water partition coefficient (Wildman–Crippen LogP) is 3.78. The summed E-state index contributed by atoms with van der Waals surface area (Å²) in [5.41, 5.74) is 1.88. The molecule has 1 heterocycles. The second-order valence-corrected chi connectivity index (χ2v) is 9.33. The number of nitriles is 1. The zero-order valence-corrected chi connectivity index (χ0v) is 20.9. The third-order valence-corrected chi connectivity index (χ3v) is 6.88. The zero-order valence-electron chi connectivity index (χ0n) is 18.5. The lowest BCUT2D eigenvalue weighted by Gasteiger charge is -2.31. The molecule has 1 aliphatic heterocycles. The van der Waals surface area contributed by atoms with Crippen LogP contribution in [0.25, 0.3) is 0 Å². The van der Waals surface area contributed by atoms with Gasteiger partial charge in [-0.2, -0.15) is 5.26 Å². The molecule has 0 saturated heterocycles. The van der Waals surface area contributed by atoms with Crippen molar-refractivity contribution < 1.29 is 24.0 Å². The summed E-state index contributed by atoms with van der Waals surface area (Å²) in [6, 6.07) is 13.1. The highest BCUT2D eigenvalue weighted by molar-refractivity contribution is 9.10. The van der Waals surface area contributed by atoms with Gasteiger partial charge in [0.1, 0.15) is 5.92 Å². The average Bonchev–Trinajstić information content (AvgIpc) is 2.83. The first-order valence-electron chi connectivity index (χ1n) is 10.1. The van der Waals surface area contributed by atoms with Crippen molar-refractivity contribution in [2.75, 3.05) is 18.2 Å². The van der Waals surface area contributed by atoms with Gasteiger partial charge in [-0.25, -0.2) is 0 Å². The minimum Gasteiger partial charge on any atom is -0.468 e. The van der Waals surface area contributed by atoms with Crippen LogP contribution in [0, 0.1) is 34.3 Å². The van der Waals surface area contributed by atoms with Gasteiger partial charge in [-0.05, 0) is 34.5 Å². The molecule has 180 valence electrons. The number of ether oxygens (including phenoxy) is 1. The van der Waals surface area contributed by atoms with Crippen molar-refractivity contribution in [2.24, 2.45) is 5.92 Å². The first kappa shape index (κ1) is 25.9. The van der Waals surface area contributed by atoms with Crippen molar-refractivity contribution in [1.82, 2.24) is 5.32 Å². The molecule has 0 fully saturated rings. The van der Waals surface area contributed by atoms with Gasteiger partial charge in [0.15, 0.2) is 0 Å². The number of thioether (sulfide) groups is 1. The highest BCUT2D eigenvalue weighted by atomic mass is 79.9. The molecule has 0 unspecified atom stereocenters. The van der Waals surface area contributed by atoms with Crippen LogP contribution in [-0.4, -0.2) is 35.6 Å². The Labute approximate surface area is 213 Å². The summed E-state index contributed by atoms with van der Waals surface area (Å²) in [5.74, 6) is -4.19. The summed E-state index contributed by atoms with van der Waals surface area (Å²) in [7, 11) is 1.17. The number of benzene rings is 2. The molecule has 2 atom stereocenters. The Balaban J connectivity index is 1.86. The number of nitro benzene ring substituents is 1. The maximum atomic E-state index is 12.9. The summed E-state index contributed by atoms with van der Waals surface area (Å²) < 4.78 is 5.14. The number of nitrogens with zero attached hydrogens (tertiary/aromatic N) is 2. The quantitative estimate of drug-likeness (QED) is 0.225. The van der Waals surface area contributed by atoms with Gasteiger partial charge in [0.05, 0.1) is 40.1 Å². The smallest absolute Gasteiger partial charge is 0.319 e. The van der Waals surface area contributed by atoms with E-state index in [0.29, 0.717) is 15.7 Å². The monoisotopic (exact) mass is 558 g/mol. The standard InChI is InChI=1S/C23H19BrN4O6S/c1-12-3-5-13(6-4-12)19-15(10-25)22(27-21(30)20(19)23(31)34-2)35-11-18(29)26-17-8-7-14(28(32)33)9-16(17)24/h3-9,19-20H,11H2,1-2H3,(H,26,29)(H,27,30)/t19-,20-/m1/s1. The number of aryl methyl sites for hydroxylation is 1. The Bertz CT molecular complexity index is 1270. The van der Waals surface area contributed by atoms with Crippen molar-refractivity contribution in [1.29, 1.82) is 5.26 Å². The number of methoxy groups -OCH3 is 1. The second kappa shape index (κ2) is 11.2. The van der Waals surface area contributed by atoms with Gasteiger partial charge in [0, 0.05) is 22.5 Å². The Morgan fingerprint density at radius 3 is 2.54 bits per heavy atom. The van der Waals surface area contributed by atoms with Crippen molar-refractivity contribution in [3.8, 4) is 6.07 Å². The van der Waals surface area contributed by atoms with E-state index in [2.05, 4.69) is 32.6 Å². The number of nitro groups is 1. The molecule has 12 heteroatoms. The van der Waals surface area contributed by atoms with E-state index in [0.717, 1.165) is 17.3 Å². The Morgan fingerprint density at radius 1 is 1.29 bits per heavy atom. The number of carbonyl (C=O) groups excluding carboxylic acids is 3. The number of rotatable bonds is 7. The molecule has 0 spiro atoms. The minimum absolute atomic E-state index is 0.137. The maximum Gasteiger partial charge on any atom is 0.319 e. The molecule has 2 aromatic rings. The molecule has 2 amide bonds. The minimum atomic E-state index is -1.26. The summed E-state index contributed by atoms with van der Waals surface area (Å²) in [4.78, 5) is 48.1. The number of anilines is 1. The summed E-state index contributed by atoms with van der Waals surface area (Å²) in [6.45, 7) is 1.89. The number of halogens is 1. The van der Waals surface area contributed by atoms with Gasteiger partial charge in [0.2, 0.25) is 11.8 Å². The molecular formula is C23H19BrN4O6S. The highest BCUT2D eigenvalue weighted by Gasteiger charge is 2.44. The molecule has 0 radical (unpaired) electrons. The topological polar surface area (TPSA) is 151 Å². The van der Waals surface area contributed by atoms with Gasteiger partial charge in [-0.3, -0.25) is 24.5 Å². The second-order valence-electron chi connectivity index (χ2n) is 7.49. The number of allylic oxidation sites excluding steroid dienone is 1. The number of hydrogen-bond acceptors (Lipinski definition) is 8. The van der Waals surface area contributed by atoms with Crippen LogP contribution in [0.1, 0.15) is 17.0 Å². The Kier molecular flexibility index (Phi) is 8.26. The number of carbonyl (C=O) groups is 3. The van der Waals surface area contributed by atoms with Gasteiger partial charge >= 0.3 is 5.97 Å². The summed E-state index contributed by atoms with van der Waals surface area (Å²) in [6.07, 6.45) is 0. The van der Waals surface area contributed by atoms with Gasteiger partial charge in [0.25, 0.3) is 5.69 Å². The lowest BCUT2D eigenvalue weighted by Crippen LogP contribution is -2.44. The van der Waals surface area contributed by atoms with E-state index in [4.69, 9.17) is 4.74 Å². The van der Waals surface area contributed by atoms with Crippen LogP contribution in [-0.2, 0) is 19.1 Å². The van der Waals surface area contributed by atoms with E-state index in [1.165, 1.54) is 25.3 Å². The van der Waals surface area contributed by atoms with Crippen LogP contribution < -0.4 is 10.6 Å². The first-order valence-corrected chi connectivity index (χ1v) is 11.9. The van der Waals surface area contributed by atoms with E-state index >= 15 is 0 Å². The van der Waals surface area contributed by atoms with Gasteiger partial charge in [-0.15, -0.1) is 0 Å². The lowest BCUT2D eigenvalue weighted by atomic mass is 9.78. The molecule has 2 aromatic carbocycles. The highest BCUT2D eigenvalue weighted by Crippen LogP contribution is 2.40. The van der Waals surface area contributed by atoms with Crippen molar-refractivity contribution in [3.05, 3.63) is 78.8 Å². The maximum absolute atomic E-state index is 12.9. The molecule has 1 aliphatic rings. The van der Waals surface area contributed by atoms with Crippen molar-refractivity contribution in [2.45, 2.75) is 12.8 Å². The van der Waals surface area contributed by atoms with Crippen LogP contribution in [0.15, 0.2) is 57.5 Å². The molecule has 0 aliphatic carbocycles. The van der Waals surface area contributed by atoms with Gasteiger partial charge in [-0.1, -0.05) is 41.6 Å². The third-order valence-electron chi connectivity index (χ3n) is 5.21. The number of nitrogens with one attached hydrogen (secondary N) is 2. The zero-order chi connectivity index (χ0) is 25.7. The Hall–Kier alpha value is -3.69. The molecule has 3 rings (SSSR count). The molecule has 2 N–H and O–H groups in total. The largest absolute Gasteiger partial charge is 0.468 e. The molecule has 0 bridgehead atoms. The van der Waals surface area contributed by atoms with Crippen LogP contribution in [0.5, 0.6) is 0 Å². The van der Waals surface area contributed by atoms with E-state index < -0.39 is 34.5 Å². The Morgan fingerprint density at radius 2 is 1.97 bits per heavy atom. The van der Waals surface area contributed by atoms with E-state index in [1.807, 2.05) is 19.1 Å². The molecule has 35 heavy (non-hydrogen) atoms. The summed E-state index contributed by atoms with van der Waals surface area (Å²) >= 11 is 4.12. The van der Waals surface area contributed by atoms with E-state index in [9.17, 15) is 29.8 Å². The fourth-order valence-electron chi connectivity index (χ4n) is 3.50. The van der Waals surface area contributed by atoms with Crippen LogP contribution in [0.3, 0.4) is 0 Å². The fourth-order valence-corrected chi connectivity index (χ4v) is 4.81. The molecular weight excluding hydrogens is 540 g/mol. The van der Waals surface area contributed by atoms with Crippen LogP contribution >= 0.6 is 27.7 Å². The number of hydrogen-bond donors (Lipinski definition) is 2. The molecule has 0 aromatic heterocycles. The first-order chi connectivity index (χ1) is 16.7. The normalized spacial score (nSPS) is 17.3. The molecule has 0 saturated carbocycles. The van der Waals surface area contributed by atoms with E-state index in [-0.39, 0.29) is 22.0 Å². The van der Waals surface area contributed by atoms with Crippen molar-refractivity contribution >= 4 is 56.9 Å². The average molecular weight is 559 g/mol. The van der Waals surface area contributed by atoms with E-state index in [1.54, 1.807) is 12.1 Å². The van der Waals surface area contributed by atoms with Crippen LogP contribution in [0.4, 0.5) is 11.4 Å². The SMILES string of the molecule is COC(=O)[C@H]1C(=O)NC(SCC(=O)Nc2ccc([N+](=O)[O-])cc2Br)=C(C#N)[C@H]1c1ccc(C)cc1. The van der Waals surface area contributed by atoms with Gasteiger partial charge < -0.3 is 15.4 Å². The number of amides is 2. The summed E-state index contributed by atoms with van der Waals surface area (Å²) in [5, 5.41) is 26.2. The number of esters is 1. The molecule has 10 nitrogen and oxygen atoms in total.